The van der Waals surface area contributed by atoms with Crippen molar-refractivity contribution in [1.82, 2.24) is 10.2 Å². The lowest BCUT2D eigenvalue weighted by molar-refractivity contribution is 0.0949. The molecule has 32 heavy (non-hydrogen) atoms. The summed E-state index contributed by atoms with van der Waals surface area (Å²) in [5.74, 6) is 0. The maximum Gasteiger partial charge on any atom is 0.410 e. The molecule has 0 spiro atoms. The van der Waals surface area contributed by atoms with E-state index in [4.69, 9.17) is 38.4 Å². The van der Waals surface area contributed by atoms with E-state index in [-0.39, 0.29) is 13.2 Å². The van der Waals surface area contributed by atoms with Gasteiger partial charge in [0, 0.05) is 29.7 Å². The summed E-state index contributed by atoms with van der Waals surface area (Å²) in [6, 6.07) is 14.2. The van der Waals surface area contributed by atoms with E-state index < -0.39 is 12.2 Å². The summed E-state index contributed by atoms with van der Waals surface area (Å²) in [6.45, 7) is 2.25. The molecule has 9 heteroatoms. The molecule has 2 amide bonds. The van der Waals surface area contributed by atoms with Crippen LogP contribution in [-0.4, -0.2) is 43.3 Å². The van der Waals surface area contributed by atoms with Gasteiger partial charge in [0.05, 0.1) is 0 Å². The molecule has 3 N–H and O–H groups in total. The fraction of sp³-hybridized carbons (Fsp3) is 0.391. The Kier molecular flexibility index (Phi) is 11.7. The van der Waals surface area contributed by atoms with Crippen molar-refractivity contribution in [1.29, 1.82) is 0 Å². The number of nitrogens with zero attached hydrogens (tertiary/aromatic N) is 1. The number of hydrogen-bond acceptors (Lipinski definition) is 5. The molecule has 0 unspecified atom stereocenters. The van der Waals surface area contributed by atoms with Crippen LogP contribution in [0.4, 0.5) is 9.59 Å². The summed E-state index contributed by atoms with van der Waals surface area (Å²) in [7, 11) is 0. The molecule has 2 aromatic carbocycles. The first kappa shape index (κ1) is 25.8. The molecular formula is C23H29Cl2N3O4. The van der Waals surface area contributed by atoms with Crippen LogP contribution in [0.15, 0.2) is 48.5 Å². The fourth-order valence-electron chi connectivity index (χ4n) is 2.80. The highest BCUT2D eigenvalue weighted by atomic mass is 35.5. The van der Waals surface area contributed by atoms with Crippen molar-refractivity contribution in [3.8, 4) is 0 Å². The second-order valence-electron chi connectivity index (χ2n) is 7.15. The van der Waals surface area contributed by atoms with Crippen molar-refractivity contribution in [2.75, 3.05) is 26.2 Å². The number of rotatable bonds is 12. The lowest BCUT2D eigenvalue weighted by Crippen LogP contribution is -2.35. The smallest absolute Gasteiger partial charge is 0.410 e. The number of amides is 2. The maximum atomic E-state index is 12.5. The van der Waals surface area contributed by atoms with E-state index in [9.17, 15) is 9.59 Å². The van der Waals surface area contributed by atoms with Gasteiger partial charge in [-0.25, -0.2) is 9.59 Å². The highest BCUT2D eigenvalue weighted by molar-refractivity contribution is 6.30. The number of alkyl carbamates (subject to hydrolysis) is 1. The lowest BCUT2D eigenvalue weighted by atomic mass is 10.2. The molecule has 0 radical (unpaired) electrons. The molecule has 2 rings (SSSR count). The van der Waals surface area contributed by atoms with Crippen LogP contribution in [0.1, 0.15) is 30.4 Å². The third-order valence-electron chi connectivity index (χ3n) is 4.57. The molecule has 174 valence electrons. The molecular weight excluding hydrogens is 453 g/mol. The van der Waals surface area contributed by atoms with Crippen LogP contribution >= 0.6 is 23.2 Å². The zero-order valence-corrected chi connectivity index (χ0v) is 19.4. The standard InChI is InChI=1S/C23H29Cl2N3O4/c24-20-8-4-18(5-9-20)16-31-22(29)27-13-3-15-28(14-2-1-12-26)23(30)32-17-19-6-10-21(25)11-7-19/h4-11H,1-3,12-17,26H2,(H,27,29). The van der Waals surface area contributed by atoms with Gasteiger partial charge in [0.25, 0.3) is 0 Å². The summed E-state index contributed by atoms with van der Waals surface area (Å²) in [5, 5.41) is 3.94. The minimum absolute atomic E-state index is 0.158. The second-order valence-corrected chi connectivity index (χ2v) is 8.02. The average Bonchev–Trinajstić information content (AvgIpc) is 2.79. The van der Waals surface area contributed by atoms with Crippen molar-refractivity contribution in [2.24, 2.45) is 5.73 Å². The van der Waals surface area contributed by atoms with Crippen LogP contribution in [0.5, 0.6) is 0 Å². The number of nitrogens with one attached hydrogen (secondary N) is 1. The Hall–Kier alpha value is -2.48. The third-order valence-corrected chi connectivity index (χ3v) is 5.08. The van der Waals surface area contributed by atoms with Gasteiger partial charge < -0.3 is 25.4 Å². The van der Waals surface area contributed by atoms with Gasteiger partial charge in [-0.05, 0) is 61.2 Å². The van der Waals surface area contributed by atoms with E-state index in [1.807, 2.05) is 12.1 Å². The number of halogens is 2. The summed E-state index contributed by atoms with van der Waals surface area (Å²) in [4.78, 5) is 26.0. The largest absolute Gasteiger partial charge is 0.445 e. The summed E-state index contributed by atoms with van der Waals surface area (Å²) in [6.07, 6.45) is 1.25. The molecule has 2 aromatic rings. The molecule has 0 fully saturated rings. The van der Waals surface area contributed by atoms with Crippen molar-refractivity contribution in [3.05, 3.63) is 69.7 Å². The van der Waals surface area contributed by atoms with Gasteiger partial charge in [-0.15, -0.1) is 0 Å². The molecule has 0 aromatic heterocycles. The number of hydrogen-bond donors (Lipinski definition) is 2. The second kappa shape index (κ2) is 14.6. The normalized spacial score (nSPS) is 10.5. The Balaban J connectivity index is 1.71. The van der Waals surface area contributed by atoms with Gasteiger partial charge >= 0.3 is 12.2 Å². The molecule has 0 atom stereocenters. The monoisotopic (exact) mass is 481 g/mol. The SMILES string of the molecule is NCCCCN(CCCNC(=O)OCc1ccc(Cl)cc1)C(=O)OCc1ccc(Cl)cc1. The minimum atomic E-state index is -0.514. The Labute approximate surface area is 198 Å². The van der Waals surface area contributed by atoms with E-state index in [1.54, 1.807) is 41.3 Å². The van der Waals surface area contributed by atoms with E-state index in [2.05, 4.69) is 5.32 Å². The van der Waals surface area contributed by atoms with Crippen LogP contribution in [0, 0.1) is 0 Å². The van der Waals surface area contributed by atoms with Crippen molar-refractivity contribution < 1.29 is 19.1 Å². The molecule has 0 saturated heterocycles. The molecule has 0 aliphatic rings. The summed E-state index contributed by atoms with van der Waals surface area (Å²) >= 11 is 11.7. The molecule has 0 aliphatic heterocycles. The maximum absolute atomic E-state index is 12.5. The van der Waals surface area contributed by atoms with Gasteiger partial charge in [0.2, 0.25) is 0 Å². The Bertz CT molecular complexity index is 832. The van der Waals surface area contributed by atoms with Crippen molar-refractivity contribution in [3.63, 3.8) is 0 Å². The average molecular weight is 482 g/mol. The first-order chi connectivity index (χ1) is 15.5. The topological polar surface area (TPSA) is 93.9 Å². The van der Waals surface area contributed by atoms with E-state index >= 15 is 0 Å². The van der Waals surface area contributed by atoms with Crippen molar-refractivity contribution >= 4 is 35.4 Å². The van der Waals surface area contributed by atoms with Gasteiger partial charge in [0.1, 0.15) is 13.2 Å². The molecule has 0 aliphatic carbocycles. The van der Waals surface area contributed by atoms with Gasteiger partial charge in [-0.3, -0.25) is 0 Å². The summed E-state index contributed by atoms with van der Waals surface area (Å²) < 4.78 is 10.6. The third kappa shape index (κ3) is 10.2. The Morgan fingerprint density at radius 3 is 1.91 bits per heavy atom. The van der Waals surface area contributed by atoms with E-state index in [0.717, 1.165) is 24.0 Å². The number of carbonyl (C=O) groups is 2. The Morgan fingerprint density at radius 2 is 1.34 bits per heavy atom. The number of carbonyl (C=O) groups excluding carboxylic acids is 2. The first-order valence-corrected chi connectivity index (χ1v) is 11.2. The molecule has 0 bridgehead atoms. The van der Waals surface area contributed by atoms with Crippen LogP contribution in [0.3, 0.4) is 0 Å². The predicted octanol–water partition coefficient (Wildman–Crippen LogP) is 4.99. The molecule has 0 saturated carbocycles. The van der Waals surface area contributed by atoms with Crippen molar-refractivity contribution in [2.45, 2.75) is 32.5 Å². The van der Waals surface area contributed by atoms with E-state index in [1.165, 1.54) is 0 Å². The van der Waals surface area contributed by atoms with Crippen LogP contribution < -0.4 is 11.1 Å². The quantitative estimate of drug-likeness (QED) is 0.416. The van der Waals surface area contributed by atoms with Crippen LogP contribution in [-0.2, 0) is 22.7 Å². The zero-order valence-electron chi connectivity index (χ0n) is 17.9. The van der Waals surface area contributed by atoms with E-state index in [0.29, 0.717) is 42.6 Å². The van der Waals surface area contributed by atoms with Crippen LogP contribution in [0.25, 0.3) is 0 Å². The van der Waals surface area contributed by atoms with Gasteiger partial charge in [-0.1, -0.05) is 47.5 Å². The first-order valence-electron chi connectivity index (χ1n) is 10.5. The number of ether oxygens (including phenoxy) is 2. The highest BCUT2D eigenvalue weighted by Gasteiger charge is 2.15. The van der Waals surface area contributed by atoms with Gasteiger partial charge in [0.15, 0.2) is 0 Å². The predicted molar refractivity (Wildman–Crippen MR) is 126 cm³/mol. The number of unbranched alkanes of at least 4 members (excludes halogenated alkanes) is 1. The summed E-state index contributed by atoms with van der Waals surface area (Å²) in [5.41, 5.74) is 7.26. The lowest BCUT2D eigenvalue weighted by Gasteiger charge is -2.22. The molecule has 7 nitrogen and oxygen atoms in total. The Morgan fingerprint density at radius 1 is 0.812 bits per heavy atom. The zero-order chi connectivity index (χ0) is 23.2. The minimum Gasteiger partial charge on any atom is -0.445 e. The highest BCUT2D eigenvalue weighted by Crippen LogP contribution is 2.12. The van der Waals surface area contributed by atoms with Crippen LogP contribution in [0.2, 0.25) is 10.0 Å². The molecule has 0 heterocycles. The number of nitrogens with two attached hydrogens (primary N) is 1. The number of benzene rings is 2. The fourth-order valence-corrected chi connectivity index (χ4v) is 3.05. The van der Waals surface area contributed by atoms with Gasteiger partial charge in [-0.2, -0.15) is 0 Å².